The lowest BCUT2D eigenvalue weighted by Crippen LogP contribution is -2.45. The monoisotopic (exact) mass is 346 g/mol. The average Bonchev–Trinajstić information content (AvgIpc) is 2.42. The van der Waals surface area contributed by atoms with E-state index in [4.69, 9.17) is 4.43 Å². The summed E-state index contributed by atoms with van der Waals surface area (Å²) in [6.45, 7) is 18.1. The van der Waals surface area contributed by atoms with Crippen LogP contribution < -0.4 is 0 Å². The molecule has 0 fully saturated rings. The lowest BCUT2D eigenvalue weighted by Gasteiger charge is -2.45. The minimum Gasteiger partial charge on any atom is -0.547 e. The quantitative estimate of drug-likeness (QED) is 0.388. The molecule has 0 saturated carbocycles. The van der Waals surface area contributed by atoms with Gasteiger partial charge in [-0.25, -0.2) is 0 Å². The first-order valence-corrected chi connectivity index (χ1v) is 12.3. The zero-order valence-electron chi connectivity index (χ0n) is 16.7. The molecule has 3 heteroatoms. The van der Waals surface area contributed by atoms with Crippen LogP contribution in [0.1, 0.15) is 54.4 Å². The average molecular weight is 347 g/mol. The zero-order chi connectivity index (χ0) is 18.3. The molecule has 0 spiro atoms. The smallest absolute Gasteiger partial charge is 0.250 e. The van der Waals surface area contributed by atoms with Gasteiger partial charge in [-0.1, -0.05) is 47.5 Å². The molecule has 2 aliphatic rings. The van der Waals surface area contributed by atoms with Crippen LogP contribution in [0.4, 0.5) is 0 Å². The van der Waals surface area contributed by atoms with Crippen LogP contribution in [0.3, 0.4) is 0 Å². The fourth-order valence-corrected chi connectivity index (χ4v) is 4.84. The molecule has 0 radical (unpaired) electrons. The van der Waals surface area contributed by atoms with Crippen LogP contribution in [0.15, 0.2) is 11.8 Å². The second-order valence-corrected chi connectivity index (χ2v) is 14.2. The highest BCUT2D eigenvalue weighted by Crippen LogP contribution is 2.47. The number of ketones is 1. The van der Waals surface area contributed by atoms with E-state index in [1.54, 1.807) is 0 Å². The topological polar surface area (TPSA) is 26.3 Å². The lowest BCUT2D eigenvalue weighted by atomic mass is 9.64. The predicted octanol–water partition coefficient (Wildman–Crippen LogP) is 5.41. The largest absolute Gasteiger partial charge is 0.547 e. The first-order valence-electron chi connectivity index (χ1n) is 9.39. The first-order chi connectivity index (χ1) is 11.0. The predicted molar refractivity (Wildman–Crippen MR) is 103 cm³/mol. The summed E-state index contributed by atoms with van der Waals surface area (Å²) in [6.07, 6.45) is 4.09. The van der Waals surface area contributed by atoms with Gasteiger partial charge in [0.15, 0.2) is 0 Å². The number of carbonyl (C=O) groups excluding carboxylic acids is 1. The summed E-state index contributed by atoms with van der Waals surface area (Å²) in [4.78, 5) is 12.6. The number of carbonyl (C=O) groups is 1. The summed E-state index contributed by atoms with van der Waals surface area (Å²) in [5.74, 6) is 8.58. The summed E-state index contributed by atoms with van der Waals surface area (Å²) in [6, 6.07) is 0. The van der Waals surface area contributed by atoms with Gasteiger partial charge in [0.05, 0.1) is 5.76 Å². The summed E-state index contributed by atoms with van der Waals surface area (Å²) in [5.41, 5.74) is 0. The van der Waals surface area contributed by atoms with Gasteiger partial charge >= 0.3 is 0 Å². The molecule has 0 aromatic carbocycles. The second kappa shape index (κ2) is 6.71. The molecule has 0 saturated heterocycles. The van der Waals surface area contributed by atoms with Crippen molar-refractivity contribution in [1.82, 2.24) is 0 Å². The fraction of sp³-hybridized carbons (Fsp3) is 0.762. The van der Waals surface area contributed by atoms with E-state index in [9.17, 15) is 4.79 Å². The van der Waals surface area contributed by atoms with Gasteiger partial charge < -0.3 is 4.43 Å². The van der Waals surface area contributed by atoms with E-state index < -0.39 is 8.32 Å². The molecule has 0 amide bonds. The van der Waals surface area contributed by atoms with Crippen molar-refractivity contribution in [2.24, 2.45) is 29.6 Å². The maximum atomic E-state index is 12.6. The molecular formula is C21H34O2Si. The first kappa shape index (κ1) is 19.3. The van der Waals surface area contributed by atoms with E-state index in [0.717, 1.165) is 18.6 Å². The van der Waals surface area contributed by atoms with E-state index in [-0.39, 0.29) is 22.7 Å². The van der Waals surface area contributed by atoms with Gasteiger partial charge in [0.1, 0.15) is 0 Å². The van der Waals surface area contributed by atoms with Crippen LogP contribution in [-0.2, 0) is 9.22 Å². The molecule has 0 N–H and O–H groups in total. The van der Waals surface area contributed by atoms with Crippen molar-refractivity contribution >= 4 is 14.1 Å². The third-order valence-electron chi connectivity index (χ3n) is 6.38. The maximum absolute atomic E-state index is 12.6. The molecule has 2 rings (SSSR count). The minimum absolute atomic E-state index is 0.0227. The van der Waals surface area contributed by atoms with Crippen molar-refractivity contribution in [3.63, 3.8) is 0 Å². The number of rotatable bonds is 3. The highest BCUT2D eigenvalue weighted by atomic mass is 28.4. The third kappa shape index (κ3) is 3.64. The van der Waals surface area contributed by atoms with Crippen molar-refractivity contribution in [2.45, 2.75) is 72.5 Å². The molecule has 0 aromatic heterocycles. The number of Topliss-reactive ketones (excluding diaryl/α,β-unsaturated/α-hetero) is 1. The standard InChI is InChI=1S/C21H34O2Si/c1-14(2)17-13-19(23-24(7,8)21(4,5)6)16-11-9-10-12-18(22)20(17)15(16)3/h13-17,20H,9,11H2,1-8H3/t15-,16-,17-,20+/m0/s1. The van der Waals surface area contributed by atoms with Crippen LogP contribution in [0.25, 0.3) is 0 Å². The van der Waals surface area contributed by atoms with Crippen molar-refractivity contribution in [3.05, 3.63) is 11.8 Å². The normalized spacial score (nSPS) is 30.9. The molecule has 2 bridgehead atoms. The Labute approximate surface area is 149 Å². The molecule has 0 heterocycles. The van der Waals surface area contributed by atoms with Gasteiger partial charge in [0.2, 0.25) is 14.1 Å². The van der Waals surface area contributed by atoms with Gasteiger partial charge in [-0.2, -0.15) is 0 Å². The Morgan fingerprint density at radius 3 is 2.46 bits per heavy atom. The number of allylic oxidation sites excluding steroid dienone is 2. The molecular weight excluding hydrogens is 312 g/mol. The Morgan fingerprint density at radius 1 is 1.29 bits per heavy atom. The van der Waals surface area contributed by atoms with Gasteiger partial charge in [-0.05, 0) is 54.3 Å². The van der Waals surface area contributed by atoms with Crippen molar-refractivity contribution in [3.8, 4) is 11.8 Å². The summed E-state index contributed by atoms with van der Waals surface area (Å²) in [5, 5.41) is 0.179. The van der Waals surface area contributed by atoms with Gasteiger partial charge in [-0.3, -0.25) is 4.79 Å². The summed E-state index contributed by atoms with van der Waals surface area (Å²) < 4.78 is 6.75. The Kier molecular flexibility index (Phi) is 5.40. The SMILES string of the molecule is CC(C)[C@@H]1C=C(O[Si](C)(C)C(C)(C)C)[C@H]2CCC#CC(=O)[C@@H]1[C@H]2C. The maximum Gasteiger partial charge on any atom is 0.250 e. The Balaban J connectivity index is 2.45. The van der Waals surface area contributed by atoms with E-state index in [2.05, 4.69) is 72.6 Å². The Hall–Kier alpha value is -1.01. The molecule has 0 aliphatic heterocycles. The number of hydrogen-bond donors (Lipinski definition) is 0. The van der Waals surface area contributed by atoms with E-state index in [1.165, 1.54) is 0 Å². The van der Waals surface area contributed by atoms with E-state index in [1.807, 2.05) is 0 Å². The van der Waals surface area contributed by atoms with E-state index >= 15 is 0 Å². The molecule has 0 aromatic rings. The third-order valence-corrected chi connectivity index (χ3v) is 10.7. The molecule has 4 atom stereocenters. The van der Waals surface area contributed by atoms with Crippen LogP contribution in [0, 0.1) is 41.4 Å². The summed E-state index contributed by atoms with van der Waals surface area (Å²) >= 11 is 0. The van der Waals surface area contributed by atoms with Crippen LogP contribution in [0.2, 0.25) is 18.1 Å². The lowest BCUT2D eigenvalue weighted by molar-refractivity contribution is -0.122. The van der Waals surface area contributed by atoms with Crippen LogP contribution in [0.5, 0.6) is 0 Å². The molecule has 24 heavy (non-hydrogen) atoms. The second-order valence-electron chi connectivity index (χ2n) is 9.45. The van der Waals surface area contributed by atoms with Gasteiger partial charge in [0.25, 0.3) is 0 Å². The molecule has 0 unspecified atom stereocenters. The van der Waals surface area contributed by atoms with Crippen LogP contribution >= 0.6 is 0 Å². The minimum atomic E-state index is -1.88. The van der Waals surface area contributed by atoms with Crippen LogP contribution in [-0.4, -0.2) is 14.1 Å². The van der Waals surface area contributed by atoms with Gasteiger partial charge in [-0.15, -0.1) is 0 Å². The van der Waals surface area contributed by atoms with E-state index in [0.29, 0.717) is 17.8 Å². The highest BCUT2D eigenvalue weighted by Gasteiger charge is 2.46. The Bertz CT molecular complexity index is 583. The Morgan fingerprint density at radius 2 is 1.92 bits per heavy atom. The molecule has 134 valence electrons. The number of hydrogen-bond acceptors (Lipinski definition) is 2. The summed E-state index contributed by atoms with van der Waals surface area (Å²) in [7, 11) is -1.88. The molecule has 2 aliphatic carbocycles. The zero-order valence-corrected chi connectivity index (χ0v) is 17.7. The van der Waals surface area contributed by atoms with Gasteiger partial charge in [0, 0.05) is 18.3 Å². The molecule has 2 nitrogen and oxygen atoms in total. The van der Waals surface area contributed by atoms with Crippen molar-refractivity contribution in [1.29, 1.82) is 0 Å². The van der Waals surface area contributed by atoms with Crippen molar-refractivity contribution < 1.29 is 9.22 Å². The number of fused-ring (bicyclic) bond motifs is 2. The highest BCUT2D eigenvalue weighted by molar-refractivity contribution is 6.74. The fourth-order valence-electron chi connectivity index (χ4n) is 3.72. The van der Waals surface area contributed by atoms with Crippen molar-refractivity contribution in [2.75, 3.05) is 0 Å².